The summed E-state index contributed by atoms with van der Waals surface area (Å²) in [4.78, 5) is 10.0. The summed E-state index contributed by atoms with van der Waals surface area (Å²) >= 11 is 5.91. The molecule has 3 N–H and O–H groups in total. The van der Waals surface area contributed by atoms with E-state index in [1.807, 2.05) is 6.92 Å². The molecule has 0 amide bonds. The quantitative estimate of drug-likeness (QED) is 0.199. The molecular weight excluding hydrogens is 422 g/mol. The van der Waals surface area contributed by atoms with Crippen molar-refractivity contribution in [3.05, 3.63) is 47.0 Å². The van der Waals surface area contributed by atoms with E-state index < -0.39 is 10.1 Å². The highest BCUT2D eigenvalue weighted by atomic mass is 35.5. The average molecular weight is 444 g/mol. The Bertz CT molecular complexity index is 982. The minimum atomic E-state index is -4.22. The molecule has 0 unspecified atom stereocenters. The van der Waals surface area contributed by atoms with Crippen LogP contribution in [0.5, 0.6) is 17.2 Å². The van der Waals surface area contributed by atoms with Crippen LogP contribution in [0.15, 0.2) is 46.4 Å². The molecule has 0 atom stereocenters. The number of hydrogen-bond donors (Lipinski definition) is 2. The van der Waals surface area contributed by atoms with Crippen LogP contribution in [0, 0.1) is 6.92 Å². The topological polar surface area (TPSA) is 121 Å². The number of benzene rings is 2. The number of nitrogens with one attached hydrogen (secondary N) is 1. The lowest BCUT2D eigenvalue weighted by Gasteiger charge is -2.12. The van der Waals surface area contributed by atoms with Gasteiger partial charge in [-0.05, 0) is 54.4 Å². The van der Waals surface area contributed by atoms with E-state index in [4.69, 9.17) is 35.9 Å². The molecule has 0 spiro atoms. The number of nitrogens with two attached hydrogens (primary N) is 1. The van der Waals surface area contributed by atoms with Crippen molar-refractivity contribution in [2.45, 2.75) is 25.2 Å². The molecule has 0 saturated carbocycles. The van der Waals surface area contributed by atoms with Gasteiger partial charge < -0.3 is 19.5 Å². The fourth-order valence-corrected chi connectivity index (χ4v) is 3.53. The predicted octanol–water partition coefficient (Wildman–Crippen LogP) is 2.96. The third kappa shape index (κ3) is 6.70. The SMILES string of the molecule is CCCONC(N)=NOc1cc(C)cc(OS(=O)(=O)c2cc(Cl)ccc2OC)c1. The van der Waals surface area contributed by atoms with Crippen LogP contribution >= 0.6 is 11.6 Å². The minimum absolute atomic E-state index is 0.0194. The van der Waals surface area contributed by atoms with Gasteiger partial charge in [0.2, 0.25) is 0 Å². The van der Waals surface area contributed by atoms with Gasteiger partial charge in [-0.3, -0.25) is 4.84 Å². The Balaban J connectivity index is 2.21. The van der Waals surface area contributed by atoms with Gasteiger partial charge in [0, 0.05) is 11.1 Å². The van der Waals surface area contributed by atoms with Gasteiger partial charge in [-0.25, -0.2) is 5.48 Å². The van der Waals surface area contributed by atoms with Crippen LogP contribution < -0.4 is 25.0 Å². The second kappa shape index (κ2) is 10.2. The Labute approximate surface area is 174 Å². The first-order valence-corrected chi connectivity index (χ1v) is 10.3. The molecule has 0 saturated heterocycles. The van der Waals surface area contributed by atoms with Gasteiger partial charge >= 0.3 is 10.1 Å². The molecule has 2 rings (SSSR count). The number of nitrogens with zero attached hydrogens (tertiary/aromatic N) is 1. The summed E-state index contributed by atoms with van der Waals surface area (Å²) in [7, 11) is -2.87. The van der Waals surface area contributed by atoms with Gasteiger partial charge in [-0.15, -0.1) is 0 Å². The van der Waals surface area contributed by atoms with E-state index in [2.05, 4.69) is 10.6 Å². The summed E-state index contributed by atoms with van der Waals surface area (Å²) in [5.74, 6) is 0.243. The third-order valence-electron chi connectivity index (χ3n) is 3.36. The first-order valence-electron chi connectivity index (χ1n) is 8.53. The highest BCUT2D eigenvalue weighted by molar-refractivity contribution is 7.87. The van der Waals surface area contributed by atoms with Crippen molar-refractivity contribution in [1.29, 1.82) is 0 Å². The second-order valence-corrected chi connectivity index (χ2v) is 7.78. The summed E-state index contributed by atoms with van der Waals surface area (Å²) in [6, 6.07) is 8.70. The fraction of sp³-hybridized carbons (Fsp3) is 0.278. The van der Waals surface area contributed by atoms with Crippen LogP contribution in [0.25, 0.3) is 0 Å². The van der Waals surface area contributed by atoms with Crippen molar-refractivity contribution in [3.8, 4) is 17.2 Å². The summed E-state index contributed by atoms with van der Waals surface area (Å²) in [5, 5.41) is 3.88. The molecule has 0 aliphatic carbocycles. The number of hydroxylamine groups is 1. The van der Waals surface area contributed by atoms with Gasteiger partial charge in [0.05, 0.1) is 13.7 Å². The van der Waals surface area contributed by atoms with E-state index in [0.717, 1.165) is 6.42 Å². The van der Waals surface area contributed by atoms with Crippen LogP contribution in [0.1, 0.15) is 18.9 Å². The summed E-state index contributed by atoms with van der Waals surface area (Å²) in [5.41, 5.74) is 8.68. The lowest BCUT2D eigenvalue weighted by Crippen LogP contribution is -2.32. The van der Waals surface area contributed by atoms with Crippen LogP contribution in [-0.4, -0.2) is 28.1 Å². The zero-order valence-corrected chi connectivity index (χ0v) is 17.7. The summed E-state index contributed by atoms with van der Waals surface area (Å²) < 4.78 is 35.7. The molecule has 29 heavy (non-hydrogen) atoms. The number of oxime groups is 1. The van der Waals surface area contributed by atoms with Crippen molar-refractivity contribution >= 4 is 27.7 Å². The zero-order chi connectivity index (χ0) is 21.4. The highest BCUT2D eigenvalue weighted by Gasteiger charge is 2.23. The van der Waals surface area contributed by atoms with Gasteiger partial charge in [-0.1, -0.05) is 18.5 Å². The van der Waals surface area contributed by atoms with Crippen molar-refractivity contribution in [2.24, 2.45) is 10.9 Å². The first kappa shape index (κ1) is 22.6. The Morgan fingerprint density at radius 1 is 1.21 bits per heavy atom. The lowest BCUT2D eigenvalue weighted by molar-refractivity contribution is 0.0824. The molecule has 0 bridgehead atoms. The van der Waals surface area contributed by atoms with Gasteiger partial charge in [0.15, 0.2) is 5.75 Å². The maximum absolute atomic E-state index is 12.7. The highest BCUT2D eigenvalue weighted by Crippen LogP contribution is 2.31. The van der Waals surface area contributed by atoms with Crippen molar-refractivity contribution in [2.75, 3.05) is 13.7 Å². The summed E-state index contributed by atoms with van der Waals surface area (Å²) in [6.45, 7) is 4.12. The first-order chi connectivity index (χ1) is 13.7. The molecule has 158 valence electrons. The van der Waals surface area contributed by atoms with E-state index in [0.29, 0.717) is 12.2 Å². The Morgan fingerprint density at radius 2 is 1.93 bits per heavy atom. The molecule has 11 heteroatoms. The normalized spacial score (nSPS) is 11.8. The zero-order valence-electron chi connectivity index (χ0n) is 16.1. The molecular formula is C18H22ClN3O6S. The number of halogens is 1. The molecule has 2 aromatic carbocycles. The monoisotopic (exact) mass is 443 g/mol. The number of hydrogen-bond acceptors (Lipinski definition) is 7. The number of methoxy groups -OCH3 is 1. The van der Waals surface area contributed by atoms with E-state index in [1.165, 1.54) is 37.4 Å². The molecule has 9 nitrogen and oxygen atoms in total. The molecule has 0 aliphatic heterocycles. The number of rotatable bonds is 9. The number of aryl methyl sites for hydroxylation is 1. The smallest absolute Gasteiger partial charge is 0.342 e. The molecule has 0 aromatic heterocycles. The Kier molecular flexibility index (Phi) is 7.94. The summed E-state index contributed by atoms with van der Waals surface area (Å²) in [6.07, 6.45) is 0.797. The predicted molar refractivity (Wildman–Crippen MR) is 109 cm³/mol. The van der Waals surface area contributed by atoms with Gasteiger partial charge in [-0.2, -0.15) is 8.42 Å². The van der Waals surface area contributed by atoms with Crippen LogP contribution in [0.3, 0.4) is 0 Å². The molecule has 0 fully saturated rings. The maximum atomic E-state index is 12.7. The number of guanidine groups is 1. The molecule has 2 aromatic rings. The largest absolute Gasteiger partial charge is 0.495 e. The van der Waals surface area contributed by atoms with Crippen molar-refractivity contribution in [3.63, 3.8) is 0 Å². The molecule has 0 radical (unpaired) electrons. The lowest BCUT2D eigenvalue weighted by atomic mass is 10.2. The third-order valence-corrected chi connectivity index (χ3v) is 4.86. The molecule has 0 heterocycles. The van der Waals surface area contributed by atoms with Gasteiger partial charge in [0.25, 0.3) is 5.96 Å². The maximum Gasteiger partial charge on any atom is 0.342 e. The van der Waals surface area contributed by atoms with Crippen LogP contribution in [0.4, 0.5) is 0 Å². The van der Waals surface area contributed by atoms with E-state index >= 15 is 0 Å². The van der Waals surface area contributed by atoms with E-state index in [1.54, 1.807) is 13.0 Å². The van der Waals surface area contributed by atoms with Crippen molar-refractivity contribution < 1.29 is 27.0 Å². The van der Waals surface area contributed by atoms with Crippen molar-refractivity contribution in [1.82, 2.24) is 5.48 Å². The van der Waals surface area contributed by atoms with E-state index in [9.17, 15) is 8.42 Å². The minimum Gasteiger partial charge on any atom is -0.495 e. The van der Waals surface area contributed by atoms with Gasteiger partial charge in [0.1, 0.15) is 16.4 Å². The Hall–Kier alpha value is -2.69. The molecule has 0 aliphatic rings. The second-order valence-electron chi connectivity index (χ2n) is 5.83. The van der Waals surface area contributed by atoms with Crippen LogP contribution in [-0.2, 0) is 15.0 Å². The van der Waals surface area contributed by atoms with Crippen LogP contribution in [0.2, 0.25) is 5.02 Å². The average Bonchev–Trinajstić information content (AvgIpc) is 2.66. The number of ether oxygens (including phenoxy) is 1. The fourth-order valence-electron chi connectivity index (χ4n) is 2.18. The standard InChI is InChI=1S/C18H22ClN3O6S/c1-4-7-26-21-18(20)22-27-14-8-12(2)9-15(11-14)28-29(23,24)17-10-13(19)5-6-16(17)25-3/h5-6,8-11H,4,7H2,1-3H3,(H3,20,21,22). The Morgan fingerprint density at radius 3 is 2.62 bits per heavy atom. The van der Waals surface area contributed by atoms with E-state index in [-0.39, 0.29) is 33.1 Å².